The van der Waals surface area contributed by atoms with E-state index in [9.17, 15) is 27.6 Å². The van der Waals surface area contributed by atoms with Gasteiger partial charge in [-0.25, -0.2) is 13.2 Å². The van der Waals surface area contributed by atoms with Gasteiger partial charge in [-0.2, -0.15) is 4.31 Å². The summed E-state index contributed by atoms with van der Waals surface area (Å²) < 4.78 is 28.1. The number of sulfonamides is 1. The molecule has 11 nitrogen and oxygen atoms in total. The Morgan fingerprint density at radius 2 is 1.57 bits per heavy atom. The quantitative estimate of drug-likeness (QED) is 0.457. The first-order valence-corrected chi connectivity index (χ1v) is 15.6. The minimum atomic E-state index is -3.77. The number of imide groups is 1. The van der Waals surface area contributed by atoms with Crippen LogP contribution in [0.2, 0.25) is 0 Å². The van der Waals surface area contributed by atoms with Gasteiger partial charge in [-0.05, 0) is 53.8 Å². The lowest BCUT2D eigenvalue weighted by Gasteiger charge is -2.28. The van der Waals surface area contributed by atoms with Crippen molar-refractivity contribution >= 4 is 50.1 Å². The van der Waals surface area contributed by atoms with Crippen LogP contribution in [0.15, 0.2) is 53.4 Å². The number of nitrogens with zero attached hydrogens (tertiary/aromatic N) is 3. The number of amides is 5. The Bertz CT molecular complexity index is 1680. The maximum absolute atomic E-state index is 13.3. The fourth-order valence-electron chi connectivity index (χ4n) is 5.05. The van der Waals surface area contributed by atoms with Gasteiger partial charge in [-0.15, -0.1) is 11.3 Å². The average Bonchev–Trinajstić information content (AvgIpc) is 3.33. The number of benzene rings is 2. The molecule has 0 saturated heterocycles. The Balaban J connectivity index is 1.37. The van der Waals surface area contributed by atoms with E-state index in [1.165, 1.54) is 65.8 Å². The molecule has 0 fully saturated rings. The number of nitrogens with one attached hydrogen (secondary N) is 2. The smallest absolute Gasteiger partial charge is 0.323 e. The van der Waals surface area contributed by atoms with Crippen molar-refractivity contribution in [2.45, 2.75) is 37.8 Å². The number of urea groups is 1. The topological polar surface area (TPSA) is 136 Å². The van der Waals surface area contributed by atoms with Gasteiger partial charge in [-0.3, -0.25) is 19.7 Å². The highest BCUT2D eigenvalue weighted by Crippen LogP contribution is 2.37. The summed E-state index contributed by atoms with van der Waals surface area (Å²) in [6, 6.07) is 12.8. The zero-order chi connectivity index (χ0) is 30.2. The summed E-state index contributed by atoms with van der Waals surface area (Å²) in [5, 5.41) is 5.36. The summed E-state index contributed by atoms with van der Waals surface area (Å²) in [4.78, 5) is 54.3. The third-order valence-electron chi connectivity index (χ3n) is 7.43. The highest BCUT2D eigenvalue weighted by molar-refractivity contribution is 7.89. The zero-order valence-electron chi connectivity index (χ0n) is 23.5. The molecule has 3 aromatic rings. The molecule has 0 spiro atoms. The number of fused-ring (bicyclic) bond motifs is 2. The lowest BCUT2D eigenvalue weighted by molar-refractivity contribution is -0.129. The van der Waals surface area contributed by atoms with Crippen molar-refractivity contribution in [1.82, 2.24) is 19.4 Å². The molecule has 13 heteroatoms. The molecule has 0 radical (unpaired) electrons. The normalized spacial score (nSPS) is 14.9. The molecule has 0 aliphatic carbocycles. The standard InChI is InChI=1S/C29H31N5O6S2/c1-18(35)33-14-13-23-24(17-33)41-28(25(23)27(37)31-29(38)32(2)3)30-26(36)20-8-10-22(11-9-20)42(39,40)34-15-12-19-6-4-5-7-21(19)16-34/h4-11H,12-17H2,1-3H3,(H,30,36)(H,31,37,38). The molecule has 2 aliphatic rings. The number of rotatable bonds is 5. The highest BCUT2D eigenvalue weighted by atomic mass is 32.2. The summed E-state index contributed by atoms with van der Waals surface area (Å²) in [7, 11) is -0.760. The van der Waals surface area contributed by atoms with Gasteiger partial charge in [0, 0.05) is 51.1 Å². The van der Waals surface area contributed by atoms with E-state index in [1.807, 2.05) is 24.3 Å². The van der Waals surface area contributed by atoms with Gasteiger partial charge >= 0.3 is 6.03 Å². The summed E-state index contributed by atoms with van der Waals surface area (Å²) >= 11 is 1.18. The van der Waals surface area contributed by atoms with Crippen LogP contribution in [0, 0.1) is 0 Å². The van der Waals surface area contributed by atoms with Crippen molar-refractivity contribution < 1.29 is 27.6 Å². The fourth-order valence-corrected chi connectivity index (χ4v) is 7.72. The van der Waals surface area contributed by atoms with E-state index in [2.05, 4.69) is 10.6 Å². The Labute approximate surface area is 248 Å². The van der Waals surface area contributed by atoms with Gasteiger partial charge in [0.1, 0.15) is 5.00 Å². The molecule has 0 atom stereocenters. The number of thiophene rings is 1. The Kier molecular flexibility index (Phi) is 8.17. The monoisotopic (exact) mass is 609 g/mol. The first-order chi connectivity index (χ1) is 20.0. The number of hydrogen-bond acceptors (Lipinski definition) is 7. The second-order valence-electron chi connectivity index (χ2n) is 10.4. The fraction of sp³-hybridized carbons (Fsp3) is 0.310. The van der Waals surface area contributed by atoms with Crippen molar-refractivity contribution in [3.05, 3.63) is 81.2 Å². The Morgan fingerprint density at radius 3 is 2.24 bits per heavy atom. The summed E-state index contributed by atoms with van der Waals surface area (Å²) in [5.41, 5.74) is 3.18. The van der Waals surface area contributed by atoms with Gasteiger partial charge in [0.15, 0.2) is 0 Å². The summed E-state index contributed by atoms with van der Waals surface area (Å²) in [5.74, 6) is -1.29. The molecule has 5 amide bonds. The number of anilines is 1. The SMILES string of the molecule is CC(=O)N1CCc2c(sc(NC(=O)c3ccc(S(=O)(=O)N4CCc5ccccc5C4)cc3)c2C(=O)NC(=O)N(C)C)C1. The van der Waals surface area contributed by atoms with Crippen molar-refractivity contribution in [3.8, 4) is 0 Å². The third-order valence-corrected chi connectivity index (χ3v) is 10.4. The van der Waals surface area contributed by atoms with E-state index in [1.54, 1.807) is 4.90 Å². The van der Waals surface area contributed by atoms with Crippen molar-refractivity contribution in [1.29, 1.82) is 0 Å². The van der Waals surface area contributed by atoms with Crippen LogP contribution in [0.1, 0.15) is 49.2 Å². The molecule has 0 saturated carbocycles. The molecular formula is C29H31N5O6S2. The minimum absolute atomic E-state index is 0.0802. The molecule has 0 bridgehead atoms. The average molecular weight is 610 g/mol. The van der Waals surface area contributed by atoms with Crippen LogP contribution in [-0.2, 0) is 40.7 Å². The first-order valence-electron chi connectivity index (χ1n) is 13.4. The molecule has 220 valence electrons. The summed E-state index contributed by atoms with van der Waals surface area (Å²) in [6.45, 7) is 2.82. The first kappa shape index (κ1) is 29.4. The van der Waals surface area contributed by atoms with E-state index in [4.69, 9.17) is 0 Å². The van der Waals surface area contributed by atoms with E-state index in [0.29, 0.717) is 38.0 Å². The van der Waals surface area contributed by atoms with Gasteiger partial charge in [0.2, 0.25) is 15.9 Å². The Hall–Kier alpha value is -4.07. The van der Waals surface area contributed by atoms with E-state index < -0.39 is 27.9 Å². The van der Waals surface area contributed by atoms with E-state index >= 15 is 0 Å². The van der Waals surface area contributed by atoms with Gasteiger partial charge in [0.25, 0.3) is 11.8 Å². The largest absolute Gasteiger partial charge is 0.337 e. The predicted octanol–water partition coefficient (Wildman–Crippen LogP) is 3.06. The van der Waals surface area contributed by atoms with Gasteiger partial charge in [-0.1, -0.05) is 24.3 Å². The van der Waals surface area contributed by atoms with Crippen molar-refractivity contribution in [3.63, 3.8) is 0 Å². The maximum atomic E-state index is 13.3. The lowest BCUT2D eigenvalue weighted by Crippen LogP contribution is -2.39. The number of hydrogen-bond donors (Lipinski definition) is 2. The lowest BCUT2D eigenvalue weighted by atomic mass is 10.0. The van der Waals surface area contributed by atoms with Gasteiger partial charge < -0.3 is 15.1 Å². The van der Waals surface area contributed by atoms with Crippen molar-refractivity contribution in [2.75, 3.05) is 32.5 Å². The molecule has 5 rings (SSSR count). The van der Waals surface area contributed by atoms with E-state index in [-0.39, 0.29) is 33.5 Å². The second kappa shape index (κ2) is 11.7. The molecule has 2 aromatic carbocycles. The second-order valence-corrected chi connectivity index (χ2v) is 13.4. The number of carbonyl (C=O) groups is 4. The molecular weight excluding hydrogens is 578 g/mol. The third kappa shape index (κ3) is 5.80. The molecule has 2 aliphatic heterocycles. The molecule has 0 unspecified atom stereocenters. The van der Waals surface area contributed by atoms with Crippen molar-refractivity contribution in [2.24, 2.45) is 0 Å². The predicted molar refractivity (Wildman–Crippen MR) is 158 cm³/mol. The van der Waals surface area contributed by atoms with Crippen LogP contribution < -0.4 is 10.6 Å². The molecule has 2 N–H and O–H groups in total. The van der Waals surface area contributed by atoms with Crippen LogP contribution in [0.3, 0.4) is 0 Å². The highest BCUT2D eigenvalue weighted by Gasteiger charge is 2.31. The van der Waals surface area contributed by atoms with Crippen LogP contribution in [0.4, 0.5) is 9.80 Å². The minimum Gasteiger partial charge on any atom is -0.337 e. The molecule has 3 heterocycles. The Morgan fingerprint density at radius 1 is 0.881 bits per heavy atom. The summed E-state index contributed by atoms with van der Waals surface area (Å²) in [6.07, 6.45) is 1.02. The van der Waals surface area contributed by atoms with Crippen LogP contribution in [0.5, 0.6) is 0 Å². The van der Waals surface area contributed by atoms with Crippen LogP contribution >= 0.6 is 11.3 Å². The van der Waals surface area contributed by atoms with Crippen LogP contribution in [-0.4, -0.2) is 73.5 Å². The molecule has 1 aromatic heterocycles. The number of carbonyl (C=O) groups excluding carboxylic acids is 4. The zero-order valence-corrected chi connectivity index (χ0v) is 25.1. The van der Waals surface area contributed by atoms with E-state index in [0.717, 1.165) is 16.0 Å². The maximum Gasteiger partial charge on any atom is 0.323 e. The van der Waals surface area contributed by atoms with Crippen LogP contribution in [0.25, 0.3) is 0 Å². The molecule has 42 heavy (non-hydrogen) atoms. The van der Waals surface area contributed by atoms with Gasteiger partial charge in [0.05, 0.1) is 17.0 Å².